The number of nitrogens with zero attached hydrogens (tertiary/aromatic N) is 1. The molecule has 0 aliphatic heterocycles. The van der Waals surface area contributed by atoms with Gasteiger partial charge in [-0.05, 0) is 36.0 Å². The summed E-state index contributed by atoms with van der Waals surface area (Å²) in [6, 6.07) is 9.31. The van der Waals surface area contributed by atoms with Crippen molar-refractivity contribution in [3.05, 3.63) is 29.8 Å². The Labute approximate surface area is 145 Å². The zero-order valence-corrected chi connectivity index (χ0v) is 16.3. The summed E-state index contributed by atoms with van der Waals surface area (Å²) in [4.78, 5) is 2.61. The van der Waals surface area contributed by atoms with Gasteiger partial charge in [-0.1, -0.05) is 85.3 Å². The fraction of sp³-hybridized carbons (Fsp3) is 0.727. The summed E-state index contributed by atoms with van der Waals surface area (Å²) in [5, 5.41) is 0. The molecule has 0 saturated carbocycles. The van der Waals surface area contributed by atoms with Crippen LogP contribution in [0.5, 0.6) is 0 Å². The Morgan fingerprint density at radius 3 is 1.57 bits per heavy atom. The minimum Gasteiger partial charge on any atom is -0.372 e. The van der Waals surface area contributed by atoms with E-state index in [0.29, 0.717) is 0 Å². The quantitative estimate of drug-likeness (QED) is 0.399. The molecule has 0 amide bonds. The fourth-order valence-electron chi connectivity index (χ4n) is 3.00. The first kappa shape index (κ1) is 20.1. The first-order valence-electron chi connectivity index (χ1n) is 9.84. The molecule has 23 heavy (non-hydrogen) atoms. The van der Waals surface area contributed by atoms with Crippen molar-refractivity contribution in [3.8, 4) is 0 Å². The molecule has 0 aliphatic carbocycles. The highest BCUT2D eigenvalue weighted by Crippen LogP contribution is 2.25. The average Bonchev–Trinajstić information content (AvgIpc) is 2.53. The number of benzene rings is 1. The zero-order valence-electron chi connectivity index (χ0n) is 16.3. The van der Waals surface area contributed by atoms with Crippen LogP contribution in [0.2, 0.25) is 0 Å². The van der Waals surface area contributed by atoms with Gasteiger partial charge in [-0.15, -0.1) is 0 Å². The van der Waals surface area contributed by atoms with Gasteiger partial charge in [0.1, 0.15) is 0 Å². The summed E-state index contributed by atoms with van der Waals surface area (Å²) >= 11 is 0. The summed E-state index contributed by atoms with van der Waals surface area (Å²) < 4.78 is 0. The summed E-state index contributed by atoms with van der Waals surface area (Å²) in [5.41, 5.74) is 3.08. The summed E-state index contributed by atoms with van der Waals surface area (Å²) in [6.07, 6.45) is 10.7. The van der Waals surface area contributed by atoms with E-state index in [9.17, 15) is 0 Å². The normalized spacial score (nSPS) is 11.7. The summed E-state index contributed by atoms with van der Waals surface area (Å²) in [5.74, 6) is 0. The van der Waals surface area contributed by atoms with Crippen molar-refractivity contribution in [1.82, 2.24) is 0 Å². The van der Waals surface area contributed by atoms with E-state index in [4.69, 9.17) is 0 Å². The molecule has 0 atom stereocenters. The molecule has 0 bridgehead atoms. The molecule has 132 valence electrons. The van der Waals surface area contributed by atoms with Crippen molar-refractivity contribution in [3.63, 3.8) is 0 Å². The maximum Gasteiger partial charge on any atom is 0.0366 e. The second-order valence-corrected chi connectivity index (χ2v) is 7.91. The number of rotatable bonds is 11. The van der Waals surface area contributed by atoms with Gasteiger partial charge in [0.25, 0.3) is 0 Å². The number of anilines is 1. The van der Waals surface area contributed by atoms with Crippen LogP contribution in [0, 0.1) is 0 Å². The van der Waals surface area contributed by atoms with Crippen molar-refractivity contribution >= 4 is 5.69 Å². The number of hydrogen-bond acceptors (Lipinski definition) is 1. The molecule has 0 saturated heterocycles. The van der Waals surface area contributed by atoms with E-state index in [-0.39, 0.29) is 5.41 Å². The van der Waals surface area contributed by atoms with Gasteiger partial charge in [-0.25, -0.2) is 0 Å². The van der Waals surface area contributed by atoms with Crippen molar-refractivity contribution < 1.29 is 0 Å². The zero-order chi connectivity index (χ0) is 17.1. The topological polar surface area (TPSA) is 3.24 Å². The van der Waals surface area contributed by atoms with Gasteiger partial charge in [0.15, 0.2) is 0 Å². The lowest BCUT2D eigenvalue weighted by Crippen LogP contribution is -2.26. The maximum atomic E-state index is 2.61. The molecule has 0 aliphatic rings. The van der Waals surface area contributed by atoms with E-state index < -0.39 is 0 Å². The molecule has 0 radical (unpaired) electrons. The number of unbranched alkanes of at least 4 members (excludes halogenated alkanes) is 6. The van der Waals surface area contributed by atoms with Crippen molar-refractivity contribution in [2.45, 2.75) is 91.4 Å². The van der Waals surface area contributed by atoms with Crippen molar-refractivity contribution in [2.24, 2.45) is 0 Å². The third-order valence-electron chi connectivity index (χ3n) is 4.66. The van der Waals surface area contributed by atoms with Gasteiger partial charge in [0, 0.05) is 18.8 Å². The molecule has 1 heteroatoms. The molecule has 0 heterocycles. The third-order valence-corrected chi connectivity index (χ3v) is 4.66. The first-order chi connectivity index (χ1) is 11.0. The van der Waals surface area contributed by atoms with Gasteiger partial charge in [-0.2, -0.15) is 0 Å². The molecule has 0 N–H and O–H groups in total. The van der Waals surface area contributed by atoms with Crippen LogP contribution < -0.4 is 4.90 Å². The monoisotopic (exact) mass is 317 g/mol. The van der Waals surface area contributed by atoms with Gasteiger partial charge in [0.2, 0.25) is 0 Å². The molecule has 0 fully saturated rings. The van der Waals surface area contributed by atoms with Crippen LogP contribution in [0.25, 0.3) is 0 Å². The van der Waals surface area contributed by atoms with Crippen LogP contribution in [-0.4, -0.2) is 13.1 Å². The second kappa shape index (κ2) is 10.7. The lowest BCUT2D eigenvalue weighted by molar-refractivity contribution is 0.589. The standard InChI is InChI=1S/C22H39N/c1-6-8-10-12-18-23(19-13-11-9-7-2)21-16-14-20(15-17-21)22(3,4)5/h14-17H,6-13,18-19H2,1-5H3. The molecule has 1 nitrogen and oxygen atoms in total. The molecule has 0 spiro atoms. The maximum absolute atomic E-state index is 2.61. The van der Waals surface area contributed by atoms with E-state index in [0.717, 1.165) is 0 Å². The van der Waals surface area contributed by atoms with E-state index in [1.807, 2.05) is 0 Å². The predicted molar refractivity (Wildman–Crippen MR) is 106 cm³/mol. The van der Waals surface area contributed by atoms with Gasteiger partial charge in [0.05, 0.1) is 0 Å². The predicted octanol–water partition coefficient (Wildman–Crippen LogP) is 6.95. The van der Waals surface area contributed by atoms with E-state index in [1.165, 1.54) is 75.7 Å². The highest BCUT2D eigenvalue weighted by molar-refractivity contribution is 5.48. The Bertz CT molecular complexity index is 387. The van der Waals surface area contributed by atoms with Crippen LogP contribution in [0.4, 0.5) is 5.69 Å². The fourth-order valence-corrected chi connectivity index (χ4v) is 3.00. The van der Waals surface area contributed by atoms with Crippen LogP contribution in [0.15, 0.2) is 24.3 Å². The Morgan fingerprint density at radius 1 is 0.696 bits per heavy atom. The molecular formula is C22H39N. The van der Waals surface area contributed by atoms with Crippen LogP contribution in [0.1, 0.15) is 91.5 Å². The van der Waals surface area contributed by atoms with Crippen molar-refractivity contribution in [2.75, 3.05) is 18.0 Å². The Hall–Kier alpha value is -0.980. The Morgan fingerprint density at radius 2 is 1.17 bits per heavy atom. The SMILES string of the molecule is CCCCCCN(CCCCCC)c1ccc(C(C)(C)C)cc1. The molecule has 0 unspecified atom stereocenters. The highest BCUT2D eigenvalue weighted by atomic mass is 15.1. The van der Waals surface area contributed by atoms with Crippen LogP contribution >= 0.6 is 0 Å². The van der Waals surface area contributed by atoms with E-state index in [2.05, 4.69) is 63.8 Å². The molecule has 1 aromatic carbocycles. The molecule has 1 aromatic rings. The van der Waals surface area contributed by atoms with Gasteiger partial charge in [-0.3, -0.25) is 0 Å². The molecule has 1 rings (SSSR count). The lowest BCUT2D eigenvalue weighted by Gasteiger charge is -2.26. The van der Waals surface area contributed by atoms with E-state index in [1.54, 1.807) is 0 Å². The van der Waals surface area contributed by atoms with Crippen LogP contribution in [-0.2, 0) is 5.41 Å². The third kappa shape index (κ3) is 7.90. The second-order valence-electron chi connectivity index (χ2n) is 7.91. The highest BCUT2D eigenvalue weighted by Gasteiger charge is 2.14. The summed E-state index contributed by atoms with van der Waals surface area (Å²) in [6.45, 7) is 13.9. The summed E-state index contributed by atoms with van der Waals surface area (Å²) in [7, 11) is 0. The minimum atomic E-state index is 0.242. The average molecular weight is 318 g/mol. The van der Waals surface area contributed by atoms with Crippen molar-refractivity contribution in [1.29, 1.82) is 0 Å². The molecule has 0 aromatic heterocycles. The smallest absolute Gasteiger partial charge is 0.0366 e. The first-order valence-corrected chi connectivity index (χ1v) is 9.84. The minimum absolute atomic E-state index is 0.242. The molecular weight excluding hydrogens is 278 g/mol. The lowest BCUT2D eigenvalue weighted by atomic mass is 9.87. The van der Waals surface area contributed by atoms with E-state index >= 15 is 0 Å². The Balaban J connectivity index is 2.65. The number of hydrogen-bond donors (Lipinski definition) is 0. The largest absolute Gasteiger partial charge is 0.372 e. The van der Waals surface area contributed by atoms with Gasteiger partial charge >= 0.3 is 0 Å². The van der Waals surface area contributed by atoms with Crippen LogP contribution in [0.3, 0.4) is 0 Å². The van der Waals surface area contributed by atoms with Gasteiger partial charge < -0.3 is 4.90 Å². The Kier molecular flexibility index (Phi) is 9.36.